The molecule has 24 heavy (non-hydrogen) atoms. The Labute approximate surface area is 143 Å². The smallest absolute Gasteiger partial charge is 0.148 e. The van der Waals surface area contributed by atoms with E-state index in [0.717, 1.165) is 16.8 Å². The van der Waals surface area contributed by atoms with E-state index in [1.54, 1.807) is 0 Å². The minimum Gasteiger partial charge on any atom is -0.248 e. The first-order valence-corrected chi connectivity index (χ1v) is 8.20. The highest BCUT2D eigenvalue weighted by molar-refractivity contribution is 6.51. The molecule has 1 aromatic heterocycles. The van der Waals surface area contributed by atoms with Crippen molar-refractivity contribution in [1.82, 2.24) is 4.98 Å². The van der Waals surface area contributed by atoms with Crippen LogP contribution in [0.5, 0.6) is 0 Å². The molecule has 0 atom stereocenters. The maximum atomic E-state index is 4.88. The van der Waals surface area contributed by atoms with Crippen LogP contribution in [0.15, 0.2) is 84.9 Å². The summed E-state index contributed by atoms with van der Waals surface area (Å²) in [6.45, 7) is 2.05. The summed E-state index contributed by atoms with van der Waals surface area (Å²) < 4.78 is 0. The molecule has 0 unspecified atom stereocenters. The summed E-state index contributed by atoms with van der Waals surface area (Å²) in [7, 11) is 2.10. The number of para-hydroxylation sites is 1. The first-order chi connectivity index (χ1) is 11.8. The Kier molecular flexibility index (Phi) is 3.88. The van der Waals surface area contributed by atoms with Gasteiger partial charge in [-0.1, -0.05) is 85.1 Å². The van der Waals surface area contributed by atoms with Gasteiger partial charge >= 0.3 is 0 Å². The van der Waals surface area contributed by atoms with Crippen LogP contribution in [0.1, 0.15) is 0 Å². The van der Waals surface area contributed by atoms with Gasteiger partial charge in [-0.3, -0.25) is 0 Å². The summed E-state index contributed by atoms with van der Waals surface area (Å²) in [4.78, 5) is 4.88. The first kappa shape index (κ1) is 14.7. The molecule has 1 nitrogen and oxygen atoms in total. The first-order valence-electron chi connectivity index (χ1n) is 8.20. The van der Waals surface area contributed by atoms with Crippen molar-refractivity contribution in [3.8, 4) is 22.4 Å². The van der Waals surface area contributed by atoms with Gasteiger partial charge in [0.25, 0.3) is 0 Å². The van der Waals surface area contributed by atoms with E-state index in [-0.39, 0.29) is 0 Å². The number of nitrogens with zero attached hydrogens (tertiary/aromatic N) is 1. The van der Waals surface area contributed by atoms with Gasteiger partial charge in [-0.15, -0.1) is 0 Å². The molecule has 1 heterocycles. The molecule has 0 aliphatic rings. The van der Waals surface area contributed by atoms with Crippen molar-refractivity contribution in [2.24, 2.45) is 0 Å². The predicted molar refractivity (Wildman–Crippen MR) is 104 cm³/mol. The highest BCUT2D eigenvalue weighted by Crippen LogP contribution is 2.31. The van der Waals surface area contributed by atoms with Gasteiger partial charge in [0.2, 0.25) is 0 Å². The fraction of sp³-hybridized carbons (Fsp3) is 0.0455. The van der Waals surface area contributed by atoms with Crippen LogP contribution in [0.3, 0.4) is 0 Å². The molecule has 113 valence electrons. The molecule has 4 aromatic rings. The molecule has 0 N–H and O–H groups in total. The number of hydrogen-bond donors (Lipinski definition) is 0. The van der Waals surface area contributed by atoms with Crippen LogP contribution in [0.25, 0.3) is 33.3 Å². The molecule has 0 aliphatic carbocycles. The van der Waals surface area contributed by atoms with E-state index in [1.165, 1.54) is 22.0 Å². The highest BCUT2D eigenvalue weighted by atomic mass is 14.7. The fourth-order valence-corrected chi connectivity index (χ4v) is 3.03. The summed E-state index contributed by atoms with van der Waals surface area (Å²) in [5, 5.41) is 1.19. The van der Waals surface area contributed by atoms with Crippen LogP contribution in [0, 0.1) is 0 Å². The molecule has 0 amide bonds. The lowest BCUT2D eigenvalue weighted by molar-refractivity contribution is 1.40. The second kappa shape index (κ2) is 6.33. The quantitative estimate of drug-likeness (QED) is 0.488. The number of benzene rings is 3. The van der Waals surface area contributed by atoms with Gasteiger partial charge in [-0.2, -0.15) is 0 Å². The summed E-state index contributed by atoms with van der Waals surface area (Å²) in [5.74, 6) is 0. The van der Waals surface area contributed by atoms with Crippen LogP contribution < -0.4 is 5.46 Å². The Morgan fingerprint density at radius 1 is 0.708 bits per heavy atom. The minimum atomic E-state index is 1.01. The average molecular weight is 306 g/mol. The van der Waals surface area contributed by atoms with Crippen molar-refractivity contribution in [2.45, 2.75) is 6.82 Å². The van der Waals surface area contributed by atoms with E-state index < -0.39 is 0 Å². The van der Waals surface area contributed by atoms with Gasteiger partial charge in [0.15, 0.2) is 0 Å². The van der Waals surface area contributed by atoms with Gasteiger partial charge in [0.05, 0.1) is 11.2 Å². The molecule has 0 fully saturated rings. The third-order valence-corrected chi connectivity index (χ3v) is 4.34. The highest BCUT2D eigenvalue weighted by Gasteiger charge is 2.09. The Bertz CT molecular complexity index is 976. The summed E-state index contributed by atoms with van der Waals surface area (Å²) in [6.07, 6.45) is 0. The second-order valence-corrected chi connectivity index (χ2v) is 5.85. The van der Waals surface area contributed by atoms with Crippen LogP contribution in [0.2, 0.25) is 6.82 Å². The van der Waals surface area contributed by atoms with E-state index >= 15 is 0 Å². The molecule has 4 rings (SSSR count). The number of fused-ring (bicyclic) bond motifs is 1. The lowest BCUT2D eigenvalue weighted by Crippen LogP contribution is -2.08. The summed E-state index contributed by atoms with van der Waals surface area (Å²) in [6, 6.07) is 29.6. The standard InChI is InChI=1S/C22H17BN/c1-23-18-13-11-17(12-14-18)22-15-20(16-7-3-2-4-8-16)19-9-5-6-10-21(19)24-22/h2-15H,1H3. The van der Waals surface area contributed by atoms with Crippen molar-refractivity contribution >= 4 is 23.6 Å². The molecule has 2 heteroatoms. The van der Waals surface area contributed by atoms with Gasteiger partial charge in [-0.05, 0) is 23.3 Å². The molecule has 0 saturated carbocycles. The van der Waals surface area contributed by atoms with E-state index in [1.807, 2.05) is 12.1 Å². The van der Waals surface area contributed by atoms with Crippen molar-refractivity contribution in [1.29, 1.82) is 0 Å². The van der Waals surface area contributed by atoms with Crippen LogP contribution in [0.4, 0.5) is 0 Å². The lowest BCUT2D eigenvalue weighted by atomic mass is 9.73. The van der Waals surface area contributed by atoms with Crippen molar-refractivity contribution in [3.05, 3.63) is 84.9 Å². The van der Waals surface area contributed by atoms with E-state index in [2.05, 4.69) is 86.9 Å². The minimum absolute atomic E-state index is 1.01. The second-order valence-electron chi connectivity index (χ2n) is 5.85. The Hall–Kier alpha value is -2.87. The Morgan fingerprint density at radius 3 is 2.17 bits per heavy atom. The normalized spacial score (nSPS) is 10.7. The zero-order valence-electron chi connectivity index (χ0n) is 13.6. The number of pyridine rings is 1. The van der Waals surface area contributed by atoms with Gasteiger partial charge in [0, 0.05) is 10.9 Å². The molecular formula is C22H17BN. The molecule has 0 saturated heterocycles. The Morgan fingerprint density at radius 2 is 1.42 bits per heavy atom. The number of hydrogen-bond acceptors (Lipinski definition) is 1. The largest absolute Gasteiger partial charge is 0.248 e. The Balaban J connectivity index is 1.94. The molecule has 0 bridgehead atoms. The molecule has 1 radical (unpaired) electrons. The number of aromatic nitrogens is 1. The third kappa shape index (κ3) is 2.72. The zero-order chi connectivity index (χ0) is 16.4. The van der Waals surface area contributed by atoms with Crippen molar-refractivity contribution in [3.63, 3.8) is 0 Å². The monoisotopic (exact) mass is 306 g/mol. The third-order valence-electron chi connectivity index (χ3n) is 4.34. The molecule has 3 aromatic carbocycles. The van der Waals surface area contributed by atoms with E-state index in [4.69, 9.17) is 4.98 Å². The van der Waals surface area contributed by atoms with Gasteiger partial charge in [0.1, 0.15) is 7.28 Å². The SMILES string of the molecule is C[B]c1ccc(-c2cc(-c3ccccc3)c3ccccc3n2)cc1. The summed E-state index contributed by atoms with van der Waals surface area (Å²) >= 11 is 0. The van der Waals surface area contributed by atoms with Gasteiger partial charge in [-0.25, -0.2) is 4.98 Å². The van der Waals surface area contributed by atoms with Crippen molar-refractivity contribution < 1.29 is 0 Å². The van der Waals surface area contributed by atoms with Crippen LogP contribution >= 0.6 is 0 Å². The maximum Gasteiger partial charge on any atom is 0.148 e. The van der Waals surface area contributed by atoms with Crippen LogP contribution in [-0.4, -0.2) is 12.3 Å². The molecule has 0 aliphatic heterocycles. The zero-order valence-corrected chi connectivity index (χ0v) is 13.6. The van der Waals surface area contributed by atoms with E-state index in [9.17, 15) is 0 Å². The topological polar surface area (TPSA) is 12.9 Å². The molecule has 0 spiro atoms. The number of rotatable bonds is 3. The predicted octanol–water partition coefficient (Wildman–Crippen LogP) is 4.95. The van der Waals surface area contributed by atoms with Crippen LogP contribution in [-0.2, 0) is 0 Å². The lowest BCUT2D eigenvalue weighted by Gasteiger charge is -2.10. The average Bonchev–Trinajstić information content (AvgIpc) is 2.68. The fourth-order valence-electron chi connectivity index (χ4n) is 3.03. The summed E-state index contributed by atoms with van der Waals surface area (Å²) in [5.41, 5.74) is 6.85. The molecular weight excluding hydrogens is 289 g/mol. The van der Waals surface area contributed by atoms with E-state index in [0.29, 0.717) is 0 Å². The van der Waals surface area contributed by atoms with Crippen molar-refractivity contribution in [2.75, 3.05) is 0 Å². The van der Waals surface area contributed by atoms with Gasteiger partial charge < -0.3 is 0 Å². The maximum absolute atomic E-state index is 4.88.